The van der Waals surface area contributed by atoms with E-state index < -0.39 is 0 Å². The van der Waals surface area contributed by atoms with Gasteiger partial charge in [-0.2, -0.15) is 0 Å². The molecule has 1 amide bonds. The molecule has 0 aromatic carbocycles. The Balaban J connectivity index is 1.64. The lowest BCUT2D eigenvalue weighted by Gasteiger charge is -2.34. The first-order valence-corrected chi connectivity index (χ1v) is 8.13. The lowest BCUT2D eigenvalue weighted by Crippen LogP contribution is -2.49. The summed E-state index contributed by atoms with van der Waals surface area (Å²) in [6.07, 6.45) is 4.57. The molecule has 1 fully saturated rings. The van der Waals surface area contributed by atoms with Crippen molar-refractivity contribution in [1.82, 2.24) is 14.9 Å². The number of imidazole rings is 1. The molecule has 0 aliphatic carbocycles. The van der Waals surface area contributed by atoms with Crippen LogP contribution in [0.3, 0.4) is 0 Å². The number of piperazine rings is 1. The summed E-state index contributed by atoms with van der Waals surface area (Å²) in [4.78, 5) is 26.2. The van der Waals surface area contributed by atoms with Crippen molar-refractivity contribution in [3.8, 4) is 0 Å². The highest BCUT2D eigenvalue weighted by molar-refractivity contribution is 7.14. The Labute approximate surface area is 128 Å². The van der Waals surface area contributed by atoms with Crippen LogP contribution < -0.4 is 4.90 Å². The van der Waals surface area contributed by atoms with Gasteiger partial charge in [0.05, 0.1) is 4.88 Å². The number of aromatic nitrogens is 2. The van der Waals surface area contributed by atoms with Crippen LogP contribution in [0.2, 0.25) is 0 Å². The number of carbonyl (C=O) groups is 1. The van der Waals surface area contributed by atoms with E-state index in [1.165, 1.54) is 10.4 Å². The second-order valence-corrected chi connectivity index (χ2v) is 6.49. The Morgan fingerprint density at radius 1 is 1.38 bits per heavy atom. The zero-order valence-electron chi connectivity index (χ0n) is 12.4. The van der Waals surface area contributed by atoms with Gasteiger partial charge in [-0.25, -0.2) is 4.98 Å². The van der Waals surface area contributed by atoms with Crippen LogP contribution in [0.15, 0.2) is 18.5 Å². The molecule has 0 radical (unpaired) electrons. The van der Waals surface area contributed by atoms with E-state index in [1.807, 2.05) is 11.1 Å². The Kier molecular flexibility index (Phi) is 3.96. The summed E-state index contributed by atoms with van der Waals surface area (Å²) in [7, 11) is 0. The van der Waals surface area contributed by atoms with Gasteiger partial charge in [0.1, 0.15) is 0 Å². The molecular weight excluding hydrogens is 284 g/mol. The molecule has 0 atom stereocenters. The first-order chi connectivity index (χ1) is 10.2. The zero-order valence-corrected chi connectivity index (χ0v) is 13.2. The molecule has 6 heteroatoms. The standard InChI is InChI=1S/C15H20N4OS/c1-3-12-10-13(21-11(12)2)14(20)18-6-8-19(9-7-18)15-16-4-5-17-15/h4-5,10H,3,6-9H2,1-2H3,(H,16,17). The summed E-state index contributed by atoms with van der Waals surface area (Å²) in [5.41, 5.74) is 1.29. The van der Waals surface area contributed by atoms with Crippen molar-refractivity contribution in [2.24, 2.45) is 0 Å². The number of amides is 1. The van der Waals surface area contributed by atoms with E-state index in [1.54, 1.807) is 17.5 Å². The summed E-state index contributed by atoms with van der Waals surface area (Å²) in [6, 6.07) is 2.06. The molecule has 0 bridgehead atoms. The maximum atomic E-state index is 12.6. The molecular formula is C15H20N4OS. The van der Waals surface area contributed by atoms with Gasteiger partial charge in [-0.05, 0) is 25.0 Å². The monoisotopic (exact) mass is 304 g/mol. The van der Waals surface area contributed by atoms with Crippen molar-refractivity contribution in [3.05, 3.63) is 33.8 Å². The predicted octanol–water partition coefficient (Wildman–Crippen LogP) is 2.30. The summed E-state index contributed by atoms with van der Waals surface area (Å²) >= 11 is 1.62. The van der Waals surface area contributed by atoms with E-state index in [-0.39, 0.29) is 5.91 Å². The number of nitrogens with zero attached hydrogens (tertiary/aromatic N) is 3. The van der Waals surface area contributed by atoms with E-state index in [0.29, 0.717) is 0 Å². The lowest BCUT2D eigenvalue weighted by atomic mass is 10.2. The fourth-order valence-electron chi connectivity index (χ4n) is 2.68. The second kappa shape index (κ2) is 5.89. The Morgan fingerprint density at radius 2 is 2.14 bits per heavy atom. The first kappa shape index (κ1) is 14.1. The van der Waals surface area contributed by atoms with Crippen LogP contribution in [0, 0.1) is 6.92 Å². The van der Waals surface area contributed by atoms with Crippen molar-refractivity contribution in [3.63, 3.8) is 0 Å². The molecule has 3 heterocycles. The van der Waals surface area contributed by atoms with E-state index in [4.69, 9.17) is 0 Å². The van der Waals surface area contributed by atoms with Crippen molar-refractivity contribution >= 4 is 23.2 Å². The topological polar surface area (TPSA) is 52.2 Å². The highest BCUT2D eigenvalue weighted by Gasteiger charge is 2.24. The lowest BCUT2D eigenvalue weighted by molar-refractivity contribution is 0.0751. The fourth-order valence-corrected chi connectivity index (χ4v) is 3.77. The van der Waals surface area contributed by atoms with Crippen LogP contribution in [-0.2, 0) is 6.42 Å². The summed E-state index contributed by atoms with van der Waals surface area (Å²) in [6.45, 7) is 7.37. The number of H-pyrrole nitrogens is 1. The van der Waals surface area contributed by atoms with Gasteiger partial charge in [-0.15, -0.1) is 11.3 Å². The van der Waals surface area contributed by atoms with Crippen LogP contribution >= 0.6 is 11.3 Å². The summed E-state index contributed by atoms with van der Waals surface area (Å²) < 4.78 is 0. The fraction of sp³-hybridized carbons (Fsp3) is 0.467. The van der Waals surface area contributed by atoms with Gasteiger partial charge in [0.2, 0.25) is 5.95 Å². The maximum Gasteiger partial charge on any atom is 0.264 e. The maximum absolute atomic E-state index is 12.6. The minimum absolute atomic E-state index is 0.168. The van der Waals surface area contributed by atoms with Crippen molar-refractivity contribution < 1.29 is 4.79 Å². The van der Waals surface area contributed by atoms with Gasteiger partial charge in [0.25, 0.3) is 5.91 Å². The molecule has 0 saturated carbocycles. The predicted molar refractivity (Wildman–Crippen MR) is 85.1 cm³/mol. The molecule has 1 aliphatic rings. The third-order valence-electron chi connectivity index (χ3n) is 3.96. The number of aryl methyl sites for hydroxylation is 2. The normalized spacial score (nSPS) is 15.5. The highest BCUT2D eigenvalue weighted by atomic mass is 32.1. The molecule has 1 N–H and O–H groups in total. The number of hydrogen-bond acceptors (Lipinski definition) is 4. The number of anilines is 1. The van der Waals surface area contributed by atoms with E-state index in [9.17, 15) is 4.79 Å². The number of aromatic amines is 1. The summed E-state index contributed by atoms with van der Waals surface area (Å²) in [5, 5.41) is 0. The highest BCUT2D eigenvalue weighted by Crippen LogP contribution is 2.24. The number of hydrogen-bond donors (Lipinski definition) is 1. The molecule has 3 rings (SSSR count). The Hall–Kier alpha value is -1.82. The zero-order chi connectivity index (χ0) is 14.8. The number of nitrogens with one attached hydrogen (secondary N) is 1. The number of rotatable bonds is 3. The van der Waals surface area contributed by atoms with Gasteiger partial charge >= 0.3 is 0 Å². The average molecular weight is 304 g/mol. The minimum atomic E-state index is 0.168. The number of thiophene rings is 1. The van der Waals surface area contributed by atoms with Crippen LogP contribution in [0.4, 0.5) is 5.95 Å². The van der Waals surface area contributed by atoms with Crippen molar-refractivity contribution in [2.45, 2.75) is 20.3 Å². The molecule has 2 aromatic heterocycles. The molecule has 1 saturated heterocycles. The van der Waals surface area contributed by atoms with Gasteiger partial charge in [-0.1, -0.05) is 6.92 Å². The van der Waals surface area contributed by atoms with Crippen molar-refractivity contribution in [2.75, 3.05) is 31.1 Å². The molecule has 21 heavy (non-hydrogen) atoms. The minimum Gasteiger partial charge on any atom is -0.339 e. The van der Waals surface area contributed by atoms with E-state index >= 15 is 0 Å². The third kappa shape index (κ3) is 2.81. The van der Waals surface area contributed by atoms with Crippen LogP contribution in [-0.4, -0.2) is 47.0 Å². The van der Waals surface area contributed by atoms with Crippen LogP contribution in [0.25, 0.3) is 0 Å². The SMILES string of the molecule is CCc1cc(C(=O)N2CCN(c3ncc[nH]3)CC2)sc1C. The smallest absolute Gasteiger partial charge is 0.264 e. The Bertz CT molecular complexity index is 612. The molecule has 2 aromatic rings. The Morgan fingerprint density at radius 3 is 2.71 bits per heavy atom. The molecule has 112 valence electrons. The molecule has 0 unspecified atom stereocenters. The van der Waals surface area contributed by atoms with E-state index in [2.05, 4.69) is 34.8 Å². The van der Waals surface area contributed by atoms with Gasteiger partial charge in [-0.3, -0.25) is 4.79 Å². The van der Waals surface area contributed by atoms with Gasteiger partial charge < -0.3 is 14.8 Å². The quantitative estimate of drug-likeness (QED) is 0.946. The molecule has 0 spiro atoms. The van der Waals surface area contributed by atoms with Gasteiger partial charge in [0, 0.05) is 43.4 Å². The van der Waals surface area contributed by atoms with E-state index in [0.717, 1.165) is 43.4 Å². The number of carbonyl (C=O) groups excluding carboxylic acids is 1. The first-order valence-electron chi connectivity index (χ1n) is 7.32. The molecule has 1 aliphatic heterocycles. The van der Waals surface area contributed by atoms with Crippen LogP contribution in [0.5, 0.6) is 0 Å². The second-order valence-electron chi connectivity index (χ2n) is 5.24. The molecule has 5 nitrogen and oxygen atoms in total. The average Bonchev–Trinajstić information content (AvgIpc) is 3.16. The van der Waals surface area contributed by atoms with Crippen LogP contribution in [0.1, 0.15) is 27.0 Å². The van der Waals surface area contributed by atoms with Crippen molar-refractivity contribution in [1.29, 1.82) is 0 Å². The van der Waals surface area contributed by atoms with Gasteiger partial charge in [0.15, 0.2) is 0 Å². The largest absolute Gasteiger partial charge is 0.339 e. The third-order valence-corrected chi connectivity index (χ3v) is 5.04. The summed E-state index contributed by atoms with van der Waals surface area (Å²) in [5.74, 6) is 1.06.